The number of carbonyl (C=O) groups is 1. The van der Waals surface area contributed by atoms with E-state index in [-0.39, 0.29) is 17.2 Å². The lowest BCUT2D eigenvalue weighted by atomic mass is 10.0. The maximum atomic E-state index is 13.6. The molecule has 0 aliphatic carbocycles. The summed E-state index contributed by atoms with van der Waals surface area (Å²) in [6.45, 7) is 4.24. The van der Waals surface area contributed by atoms with E-state index in [4.69, 9.17) is 9.47 Å². The molecule has 1 heterocycles. The van der Waals surface area contributed by atoms with Gasteiger partial charge in [-0.1, -0.05) is 44.2 Å². The summed E-state index contributed by atoms with van der Waals surface area (Å²) in [6, 6.07) is 19.9. The minimum absolute atomic E-state index is 0.174. The molecule has 4 aromatic rings. The minimum Gasteiger partial charge on any atom is -0.497 e. The maximum absolute atomic E-state index is 13.6. The summed E-state index contributed by atoms with van der Waals surface area (Å²) in [7, 11) is 4.76. The van der Waals surface area contributed by atoms with Gasteiger partial charge in [0.25, 0.3) is 11.5 Å². The largest absolute Gasteiger partial charge is 0.497 e. The fourth-order valence-electron chi connectivity index (χ4n) is 3.80. The van der Waals surface area contributed by atoms with Crippen LogP contribution in [0.4, 0.5) is 5.69 Å². The van der Waals surface area contributed by atoms with Crippen LogP contribution in [0, 0.1) is 0 Å². The number of ether oxygens (including phenoxy) is 2. The zero-order chi connectivity index (χ0) is 24.4. The number of benzene rings is 3. The van der Waals surface area contributed by atoms with Gasteiger partial charge in [0, 0.05) is 36.3 Å². The number of aromatic nitrogens is 2. The Morgan fingerprint density at radius 1 is 0.912 bits per heavy atom. The zero-order valence-electron chi connectivity index (χ0n) is 19.9. The van der Waals surface area contributed by atoms with Gasteiger partial charge in [-0.25, -0.2) is 0 Å². The number of fused-ring (bicyclic) bond motifs is 1. The summed E-state index contributed by atoms with van der Waals surface area (Å²) in [5, 5.41) is 5.40. The first-order chi connectivity index (χ1) is 16.3. The Labute approximate surface area is 198 Å². The Hall–Kier alpha value is -4.13. The van der Waals surface area contributed by atoms with E-state index in [1.54, 1.807) is 54.4 Å². The van der Waals surface area contributed by atoms with Crippen LogP contribution in [0.2, 0.25) is 0 Å². The molecule has 0 N–H and O–H groups in total. The van der Waals surface area contributed by atoms with Crippen LogP contribution in [0.5, 0.6) is 11.5 Å². The van der Waals surface area contributed by atoms with Crippen LogP contribution in [0.25, 0.3) is 16.5 Å². The first kappa shape index (κ1) is 23.0. The van der Waals surface area contributed by atoms with Crippen molar-refractivity contribution in [2.45, 2.75) is 19.8 Å². The summed E-state index contributed by atoms with van der Waals surface area (Å²) in [4.78, 5) is 28.5. The SMILES string of the molecule is COc1cc(OC)cc(-n2nc(C(=O)N(C)c3ccc(C(C)C)cc3)c3ccccc3c2=O)c1. The van der Waals surface area contributed by atoms with E-state index in [0.29, 0.717) is 33.9 Å². The zero-order valence-corrected chi connectivity index (χ0v) is 19.9. The molecule has 3 aromatic carbocycles. The van der Waals surface area contributed by atoms with Crippen LogP contribution in [-0.2, 0) is 0 Å². The predicted octanol–water partition coefficient (Wildman–Crippen LogP) is 4.80. The molecule has 0 radical (unpaired) electrons. The highest BCUT2D eigenvalue weighted by Crippen LogP contribution is 2.26. The quantitative estimate of drug-likeness (QED) is 0.416. The van der Waals surface area contributed by atoms with E-state index >= 15 is 0 Å². The molecule has 174 valence electrons. The van der Waals surface area contributed by atoms with Crippen molar-refractivity contribution in [2.75, 3.05) is 26.2 Å². The third-order valence-corrected chi connectivity index (χ3v) is 5.84. The fraction of sp³-hybridized carbons (Fsp3) is 0.222. The molecule has 0 bridgehead atoms. The van der Waals surface area contributed by atoms with Gasteiger partial charge in [-0.3, -0.25) is 9.59 Å². The second-order valence-electron chi connectivity index (χ2n) is 8.29. The Balaban J connectivity index is 1.87. The molecule has 1 aromatic heterocycles. The normalized spacial score (nSPS) is 11.0. The number of anilines is 1. The van der Waals surface area contributed by atoms with E-state index < -0.39 is 0 Å². The highest BCUT2D eigenvalue weighted by atomic mass is 16.5. The Morgan fingerprint density at radius 3 is 2.06 bits per heavy atom. The number of hydrogen-bond acceptors (Lipinski definition) is 5. The number of methoxy groups -OCH3 is 2. The Kier molecular flexibility index (Phi) is 6.36. The van der Waals surface area contributed by atoms with Crippen molar-refractivity contribution in [1.29, 1.82) is 0 Å². The van der Waals surface area contributed by atoms with E-state index in [1.165, 1.54) is 24.5 Å². The van der Waals surface area contributed by atoms with Crippen molar-refractivity contribution in [2.24, 2.45) is 0 Å². The number of nitrogens with zero attached hydrogens (tertiary/aromatic N) is 3. The average Bonchev–Trinajstić information content (AvgIpc) is 2.87. The molecule has 0 aliphatic rings. The smallest absolute Gasteiger partial charge is 0.279 e. The monoisotopic (exact) mass is 457 g/mol. The minimum atomic E-state index is -0.341. The lowest BCUT2D eigenvalue weighted by Crippen LogP contribution is -2.31. The molecule has 7 nitrogen and oxygen atoms in total. The van der Waals surface area contributed by atoms with Crippen LogP contribution < -0.4 is 19.9 Å². The lowest BCUT2D eigenvalue weighted by Gasteiger charge is -2.19. The molecular formula is C27H27N3O4. The van der Waals surface area contributed by atoms with Crippen molar-refractivity contribution in [3.63, 3.8) is 0 Å². The van der Waals surface area contributed by atoms with Gasteiger partial charge in [0.2, 0.25) is 0 Å². The molecule has 0 saturated carbocycles. The lowest BCUT2D eigenvalue weighted by molar-refractivity contribution is 0.0988. The third kappa shape index (κ3) is 4.24. The Morgan fingerprint density at radius 2 is 1.50 bits per heavy atom. The van der Waals surface area contributed by atoms with Crippen molar-refractivity contribution in [3.8, 4) is 17.2 Å². The van der Waals surface area contributed by atoms with Crippen LogP contribution in [0.1, 0.15) is 35.8 Å². The standard InChI is InChI=1S/C27H27N3O4/c1-17(2)18-10-12-19(13-11-18)29(3)27(32)25-23-8-6-7-9-24(23)26(31)30(28-25)20-14-21(33-4)16-22(15-20)34-5/h6-17H,1-5H3. The molecular weight excluding hydrogens is 430 g/mol. The Bertz CT molecular complexity index is 1390. The van der Waals surface area contributed by atoms with Gasteiger partial charge in [0.05, 0.1) is 25.3 Å². The molecule has 7 heteroatoms. The van der Waals surface area contributed by atoms with Crippen molar-refractivity contribution < 1.29 is 14.3 Å². The third-order valence-electron chi connectivity index (χ3n) is 5.84. The van der Waals surface area contributed by atoms with Crippen LogP contribution >= 0.6 is 0 Å². The molecule has 0 aliphatic heterocycles. The van der Waals surface area contributed by atoms with Crippen molar-refractivity contribution in [3.05, 3.63) is 88.3 Å². The van der Waals surface area contributed by atoms with Crippen LogP contribution in [0.3, 0.4) is 0 Å². The first-order valence-corrected chi connectivity index (χ1v) is 11.0. The van der Waals surface area contributed by atoms with Crippen molar-refractivity contribution in [1.82, 2.24) is 9.78 Å². The maximum Gasteiger partial charge on any atom is 0.279 e. The molecule has 4 rings (SSSR count). The highest BCUT2D eigenvalue weighted by Gasteiger charge is 2.22. The molecule has 0 atom stereocenters. The second kappa shape index (κ2) is 9.39. The fourth-order valence-corrected chi connectivity index (χ4v) is 3.80. The molecule has 0 fully saturated rings. The molecule has 0 spiro atoms. The van der Waals surface area contributed by atoms with E-state index in [2.05, 4.69) is 18.9 Å². The van der Waals surface area contributed by atoms with Gasteiger partial charge >= 0.3 is 0 Å². The van der Waals surface area contributed by atoms with Crippen molar-refractivity contribution >= 4 is 22.4 Å². The van der Waals surface area contributed by atoms with E-state index in [9.17, 15) is 9.59 Å². The van der Waals surface area contributed by atoms with Gasteiger partial charge in [-0.15, -0.1) is 0 Å². The van der Waals surface area contributed by atoms with Gasteiger partial charge in [-0.2, -0.15) is 9.78 Å². The number of amides is 1. The predicted molar refractivity (Wildman–Crippen MR) is 134 cm³/mol. The number of hydrogen-bond donors (Lipinski definition) is 0. The van der Waals surface area contributed by atoms with Gasteiger partial charge in [0.15, 0.2) is 5.69 Å². The van der Waals surface area contributed by atoms with E-state index in [0.717, 1.165) is 5.69 Å². The summed E-state index contributed by atoms with van der Waals surface area (Å²) in [5.41, 5.74) is 2.19. The summed E-state index contributed by atoms with van der Waals surface area (Å²) in [5.74, 6) is 1.08. The summed E-state index contributed by atoms with van der Waals surface area (Å²) < 4.78 is 11.9. The highest BCUT2D eigenvalue weighted by molar-refractivity contribution is 6.12. The van der Waals surface area contributed by atoms with Gasteiger partial charge in [-0.05, 0) is 29.7 Å². The van der Waals surface area contributed by atoms with Gasteiger partial charge in [0.1, 0.15) is 11.5 Å². The van der Waals surface area contributed by atoms with Gasteiger partial charge < -0.3 is 14.4 Å². The number of rotatable bonds is 6. The molecule has 34 heavy (non-hydrogen) atoms. The average molecular weight is 458 g/mol. The van der Waals surface area contributed by atoms with E-state index in [1.807, 2.05) is 24.3 Å². The summed E-state index contributed by atoms with van der Waals surface area (Å²) in [6.07, 6.45) is 0. The molecule has 0 saturated heterocycles. The topological polar surface area (TPSA) is 73.7 Å². The van der Waals surface area contributed by atoms with Crippen LogP contribution in [-0.4, -0.2) is 37.0 Å². The second-order valence-corrected chi connectivity index (χ2v) is 8.29. The first-order valence-electron chi connectivity index (χ1n) is 11.0. The molecule has 0 unspecified atom stereocenters. The van der Waals surface area contributed by atoms with Crippen LogP contribution in [0.15, 0.2) is 71.5 Å². The summed E-state index contributed by atoms with van der Waals surface area (Å²) >= 11 is 0. The molecule has 1 amide bonds. The number of carbonyl (C=O) groups excluding carboxylic acids is 1.